The minimum absolute atomic E-state index is 1.54. The molecule has 24 N–H and O–H groups in total. The van der Waals surface area contributed by atoms with E-state index in [9.17, 15) is 46.6 Å². The lowest BCUT2D eigenvalue weighted by atomic mass is 10.4. The Morgan fingerprint density at radius 3 is 0.750 bits per heavy atom. The molecule has 7 atom stereocenters. The SMILES string of the molecule is O=C(O)C(O)(C(O)P(=O)(O)O)P(=O)(O)O.O=C(O)C(O)(C(O)P(=O)(O)O)P(=O)(O)O.O=C(O)C(O)(CO)P(=O)(O)O.O=C(O)C(O)C(O)P(=O)(O)O. The second-order valence-corrected chi connectivity index (χ2v) is 19.1. The summed E-state index contributed by atoms with van der Waals surface area (Å²) in [6.07, 6.45) is -2.46. The molecular weight excluding hydrogens is 874 g/mol. The number of aliphatic hydroxyl groups excluding tert-OH is 5. The summed E-state index contributed by atoms with van der Waals surface area (Å²) in [6.45, 7) is -1.54. The van der Waals surface area contributed by atoms with E-state index in [1.165, 1.54) is 0 Å². The lowest BCUT2D eigenvalue weighted by molar-refractivity contribution is -0.158. The summed E-state index contributed by atoms with van der Waals surface area (Å²) in [5.74, 6) is -18.8. The van der Waals surface area contributed by atoms with Crippen LogP contribution in [0.15, 0.2) is 0 Å². The van der Waals surface area contributed by atoms with Crippen LogP contribution in [-0.2, 0) is 46.6 Å². The highest BCUT2D eigenvalue weighted by Crippen LogP contribution is 2.60. The van der Waals surface area contributed by atoms with Crippen LogP contribution in [0, 0.1) is 0 Å². The van der Waals surface area contributed by atoms with Crippen LogP contribution in [0.25, 0.3) is 0 Å². The van der Waals surface area contributed by atoms with Crippen LogP contribution in [0.2, 0.25) is 0 Å². The zero-order chi connectivity index (χ0) is 43.8. The van der Waals surface area contributed by atoms with Crippen LogP contribution in [-0.4, -0.2) is 190 Å². The highest BCUT2D eigenvalue weighted by Gasteiger charge is 2.65. The summed E-state index contributed by atoms with van der Waals surface area (Å²) in [5, 5.41) is 89.6. The monoisotopic (exact) mass is 904 g/mol. The van der Waals surface area contributed by atoms with E-state index < -0.39 is 116 Å². The van der Waals surface area contributed by atoms with Gasteiger partial charge in [0.15, 0.2) is 11.9 Å². The molecule has 0 heterocycles. The third-order valence-electron chi connectivity index (χ3n) is 4.80. The van der Waals surface area contributed by atoms with E-state index in [1.807, 2.05) is 0 Å². The van der Waals surface area contributed by atoms with Gasteiger partial charge in [0.2, 0.25) is 11.7 Å². The standard InChI is InChI=1S/2C3H8O10P2.2C3H7O7P/c2*4-1(5)3(7,15(11,12)13)2(6)14(8,9)10;4-1-3(7,2(5)6)11(8,9)10;4-1(2(5)6)3(7)11(8,9)10/h2*2,6-7H,(H,4,5)(H2,8,9,10)(H2,11,12,13);4,7H,1H2,(H,5,6)(H2,8,9,10);1,3-4,7H,(H,5,6)(H2,8,9,10). The van der Waals surface area contributed by atoms with Crippen LogP contribution in [0.4, 0.5) is 0 Å². The maximum absolute atomic E-state index is 10.5. The summed E-state index contributed by atoms with van der Waals surface area (Å²) in [4.78, 5) is 140. The summed E-state index contributed by atoms with van der Waals surface area (Å²) in [6, 6.07) is 0. The normalized spacial score (nSPS) is 18.5. The van der Waals surface area contributed by atoms with E-state index in [-0.39, 0.29) is 0 Å². The quantitative estimate of drug-likeness (QED) is 0.0720. The molecule has 0 aliphatic carbocycles. The molecule has 40 heteroatoms. The first-order valence-electron chi connectivity index (χ1n) is 11.0. The van der Waals surface area contributed by atoms with Gasteiger partial charge in [-0.05, 0) is 0 Å². The molecule has 0 saturated carbocycles. The van der Waals surface area contributed by atoms with Crippen molar-refractivity contribution in [1.82, 2.24) is 0 Å². The van der Waals surface area contributed by atoms with Crippen molar-refractivity contribution in [2.24, 2.45) is 0 Å². The van der Waals surface area contributed by atoms with E-state index in [2.05, 4.69) is 0 Å². The molecule has 0 aromatic rings. The number of rotatable bonds is 14. The Balaban J connectivity index is -0.000000299. The van der Waals surface area contributed by atoms with Gasteiger partial charge in [0.1, 0.15) is 0 Å². The molecule has 0 bridgehead atoms. The highest BCUT2D eigenvalue weighted by molar-refractivity contribution is 7.59. The first-order chi connectivity index (χ1) is 22.2. The molecule has 0 rings (SSSR count). The lowest BCUT2D eigenvalue weighted by Crippen LogP contribution is -2.48. The van der Waals surface area contributed by atoms with Gasteiger partial charge in [0.25, 0.3) is 5.34 Å². The van der Waals surface area contributed by atoms with E-state index in [4.69, 9.17) is 120 Å². The molecule has 0 aliphatic heterocycles. The van der Waals surface area contributed by atoms with Gasteiger partial charge in [-0.3, -0.25) is 27.4 Å². The number of aliphatic carboxylic acids is 4. The topological polar surface area (TPSA) is 656 Å². The van der Waals surface area contributed by atoms with Crippen molar-refractivity contribution in [1.29, 1.82) is 0 Å². The van der Waals surface area contributed by atoms with Gasteiger partial charge in [-0.1, -0.05) is 0 Å². The Morgan fingerprint density at radius 2 is 0.712 bits per heavy atom. The van der Waals surface area contributed by atoms with Crippen molar-refractivity contribution in [3.8, 4) is 0 Å². The Hall–Kier alpha value is -1.54. The van der Waals surface area contributed by atoms with Crippen LogP contribution in [0.1, 0.15) is 0 Å². The molecule has 0 saturated heterocycles. The smallest absolute Gasteiger partial charge is 0.372 e. The second kappa shape index (κ2) is 19.4. The summed E-state index contributed by atoms with van der Waals surface area (Å²) in [5.41, 5.74) is 0. The Bertz CT molecular complexity index is 1480. The van der Waals surface area contributed by atoms with Gasteiger partial charge in [0.05, 0.1) is 6.61 Å². The average molecular weight is 904 g/mol. The molecule has 0 radical (unpaired) electrons. The number of carboxylic acid groups (broad SMARTS) is 4. The molecule has 7 unspecified atom stereocenters. The van der Waals surface area contributed by atoms with Gasteiger partial charge in [-0.2, -0.15) is 0 Å². The Kier molecular flexibility index (Phi) is 21.3. The molecule has 0 fully saturated rings. The van der Waals surface area contributed by atoms with E-state index in [1.54, 1.807) is 0 Å². The zero-order valence-electron chi connectivity index (χ0n) is 24.0. The largest absolute Gasteiger partial charge is 0.479 e. The Labute approximate surface area is 282 Å². The van der Waals surface area contributed by atoms with Crippen LogP contribution in [0.5, 0.6) is 0 Å². The minimum atomic E-state index is -5.88. The zero-order valence-corrected chi connectivity index (χ0v) is 29.4. The van der Waals surface area contributed by atoms with E-state index in [0.717, 1.165) is 0 Å². The van der Waals surface area contributed by atoms with Crippen molar-refractivity contribution in [3.63, 3.8) is 0 Å². The fourth-order valence-corrected chi connectivity index (χ4v) is 6.83. The number of hydrogen-bond donors (Lipinski definition) is 24. The predicted octanol–water partition coefficient (Wildman–Crippen LogP) is -9.28. The van der Waals surface area contributed by atoms with Crippen molar-refractivity contribution in [2.75, 3.05) is 6.61 Å². The van der Waals surface area contributed by atoms with Crippen LogP contribution >= 0.6 is 45.6 Å². The fourth-order valence-electron chi connectivity index (χ4n) is 1.84. The van der Waals surface area contributed by atoms with E-state index in [0.29, 0.717) is 0 Å². The highest BCUT2D eigenvalue weighted by atomic mass is 31.2. The molecule has 312 valence electrons. The summed E-state index contributed by atoms with van der Waals surface area (Å²) in [7, 11) is -33.1. The third-order valence-corrected chi connectivity index (χ3v) is 12.1. The molecule has 34 nitrogen and oxygen atoms in total. The fraction of sp³-hybridized carbons (Fsp3) is 0.667. The molecule has 0 amide bonds. The van der Waals surface area contributed by atoms with Crippen molar-refractivity contribution < 1.29 is 167 Å². The second-order valence-electron chi connectivity index (χ2n) is 8.69. The first kappa shape index (κ1) is 57.2. The minimum Gasteiger partial charge on any atom is -0.479 e. The van der Waals surface area contributed by atoms with Crippen molar-refractivity contribution in [2.45, 2.75) is 39.7 Å². The number of carbonyl (C=O) groups is 4. The van der Waals surface area contributed by atoms with Crippen molar-refractivity contribution >= 4 is 69.5 Å². The summed E-state index contributed by atoms with van der Waals surface area (Å²) < 4.78 is 62.2. The van der Waals surface area contributed by atoms with Crippen molar-refractivity contribution in [3.05, 3.63) is 0 Å². The van der Waals surface area contributed by atoms with Gasteiger partial charge in [0, 0.05) is 0 Å². The average Bonchev–Trinajstić information content (AvgIpc) is 2.91. The third kappa shape index (κ3) is 15.3. The van der Waals surface area contributed by atoms with Gasteiger partial charge < -0.3 is 120 Å². The number of carboxylic acids is 4. The van der Waals surface area contributed by atoms with E-state index >= 15 is 0 Å². The molecule has 0 spiro atoms. The molecule has 0 aromatic heterocycles. The molecule has 52 heavy (non-hydrogen) atoms. The number of aliphatic hydroxyl groups is 8. The maximum atomic E-state index is 10.5. The van der Waals surface area contributed by atoms with Crippen LogP contribution < -0.4 is 0 Å². The van der Waals surface area contributed by atoms with Crippen LogP contribution in [0.3, 0.4) is 0 Å². The van der Waals surface area contributed by atoms with Gasteiger partial charge in [-0.25, -0.2) is 19.2 Å². The van der Waals surface area contributed by atoms with Gasteiger partial charge in [-0.15, -0.1) is 0 Å². The summed E-state index contributed by atoms with van der Waals surface area (Å²) >= 11 is 0. The molecule has 0 aliphatic rings. The Morgan fingerprint density at radius 1 is 0.462 bits per heavy atom. The predicted molar refractivity (Wildman–Crippen MR) is 149 cm³/mol. The van der Waals surface area contributed by atoms with Gasteiger partial charge >= 0.3 is 80.1 Å². The molecule has 0 aromatic carbocycles. The molecular formula is C12H30O34P6. The lowest BCUT2D eigenvalue weighted by Gasteiger charge is -2.28. The number of hydrogen-bond acceptors (Lipinski definition) is 18. The maximum Gasteiger partial charge on any atom is 0.372 e. The first-order valence-corrected chi connectivity index (χ1v) is 20.9.